The van der Waals surface area contributed by atoms with Crippen LogP contribution in [0.2, 0.25) is 0 Å². The summed E-state index contributed by atoms with van der Waals surface area (Å²) in [7, 11) is -7.09. The van der Waals surface area contributed by atoms with Gasteiger partial charge in [-0.3, -0.25) is 4.18 Å². The Kier molecular flexibility index (Phi) is 4.89. The molecule has 1 rings (SSSR count). The molecule has 0 saturated heterocycles. The summed E-state index contributed by atoms with van der Waals surface area (Å²) in [4.78, 5) is 0.0296. The number of benzene rings is 1. The number of sulfone groups is 1. The minimum Gasteiger partial charge on any atom is -0.265 e. The van der Waals surface area contributed by atoms with Crippen LogP contribution in [0.3, 0.4) is 0 Å². The van der Waals surface area contributed by atoms with E-state index in [1.165, 1.54) is 19.1 Å². The number of aryl methyl sites for hydroxylation is 1. The van der Waals surface area contributed by atoms with Gasteiger partial charge in [0.15, 0.2) is 9.84 Å². The van der Waals surface area contributed by atoms with Crippen LogP contribution in [0.15, 0.2) is 29.2 Å². The SMILES string of the molecule is CCS(=O)(=O)CCOS(=O)(=O)c1ccc(C)cc1. The molecule has 7 heteroatoms. The minimum atomic E-state index is -3.87. The smallest absolute Gasteiger partial charge is 0.265 e. The molecule has 0 aromatic heterocycles. The maximum atomic E-state index is 11.7. The summed E-state index contributed by atoms with van der Waals surface area (Å²) < 4.78 is 50.5. The fourth-order valence-corrected chi connectivity index (χ4v) is 2.83. The predicted octanol–water partition coefficient (Wildman–Crippen LogP) is 1.14. The van der Waals surface area contributed by atoms with Gasteiger partial charge in [-0.05, 0) is 19.1 Å². The van der Waals surface area contributed by atoms with Gasteiger partial charge < -0.3 is 0 Å². The van der Waals surface area contributed by atoms with Crippen LogP contribution in [-0.2, 0) is 24.1 Å². The lowest BCUT2D eigenvalue weighted by molar-refractivity contribution is 0.339. The van der Waals surface area contributed by atoms with Gasteiger partial charge >= 0.3 is 0 Å². The molecule has 0 amide bonds. The van der Waals surface area contributed by atoms with Crippen molar-refractivity contribution in [2.24, 2.45) is 0 Å². The van der Waals surface area contributed by atoms with Gasteiger partial charge in [0.1, 0.15) is 0 Å². The van der Waals surface area contributed by atoms with E-state index in [9.17, 15) is 16.8 Å². The monoisotopic (exact) mass is 292 g/mol. The first-order chi connectivity index (χ1) is 8.27. The summed E-state index contributed by atoms with van der Waals surface area (Å²) in [6.45, 7) is 2.99. The van der Waals surface area contributed by atoms with Gasteiger partial charge in [-0.2, -0.15) is 8.42 Å². The summed E-state index contributed by atoms with van der Waals surface area (Å²) in [5.41, 5.74) is 0.933. The van der Waals surface area contributed by atoms with Gasteiger partial charge in [-0.15, -0.1) is 0 Å². The second-order valence-electron chi connectivity index (χ2n) is 3.83. The third-order valence-corrected chi connectivity index (χ3v) is 5.38. The van der Waals surface area contributed by atoms with Crippen molar-refractivity contribution in [3.05, 3.63) is 29.8 Å². The predicted molar refractivity (Wildman–Crippen MR) is 68.6 cm³/mol. The fraction of sp³-hybridized carbons (Fsp3) is 0.455. The fourth-order valence-electron chi connectivity index (χ4n) is 1.19. The zero-order chi connectivity index (χ0) is 13.8. The van der Waals surface area contributed by atoms with Crippen molar-refractivity contribution < 1.29 is 21.0 Å². The quantitative estimate of drug-likeness (QED) is 0.735. The molecule has 0 aliphatic carbocycles. The third kappa shape index (κ3) is 4.40. The second kappa shape index (κ2) is 5.81. The molecule has 0 unspecified atom stereocenters. The Morgan fingerprint density at radius 1 is 1.06 bits per heavy atom. The maximum Gasteiger partial charge on any atom is 0.297 e. The van der Waals surface area contributed by atoms with E-state index >= 15 is 0 Å². The van der Waals surface area contributed by atoms with Crippen LogP contribution in [-0.4, -0.2) is 34.9 Å². The summed E-state index contributed by atoms with van der Waals surface area (Å²) in [5.74, 6) is -0.324. The summed E-state index contributed by atoms with van der Waals surface area (Å²) >= 11 is 0. The Labute approximate surface area is 108 Å². The van der Waals surface area contributed by atoms with Crippen LogP contribution in [0.4, 0.5) is 0 Å². The molecule has 1 aromatic carbocycles. The molecular weight excluding hydrogens is 276 g/mol. The van der Waals surface area contributed by atoms with E-state index in [1.807, 2.05) is 6.92 Å². The molecule has 102 valence electrons. The summed E-state index contributed by atoms with van der Waals surface area (Å²) in [6, 6.07) is 6.16. The molecule has 0 bridgehead atoms. The van der Waals surface area contributed by atoms with Gasteiger partial charge in [0.05, 0.1) is 17.3 Å². The van der Waals surface area contributed by atoms with Crippen molar-refractivity contribution in [3.8, 4) is 0 Å². The van der Waals surface area contributed by atoms with Crippen LogP contribution >= 0.6 is 0 Å². The van der Waals surface area contributed by atoms with E-state index in [4.69, 9.17) is 0 Å². The average molecular weight is 292 g/mol. The van der Waals surface area contributed by atoms with E-state index in [2.05, 4.69) is 4.18 Å². The standard InChI is InChI=1S/C11H16O5S2/c1-3-17(12,13)9-8-16-18(14,15)11-6-4-10(2)5-7-11/h4-7H,3,8-9H2,1-2H3. The maximum absolute atomic E-state index is 11.7. The van der Waals surface area contributed by atoms with E-state index in [-0.39, 0.29) is 23.0 Å². The third-order valence-electron chi connectivity index (χ3n) is 2.38. The van der Waals surface area contributed by atoms with Crippen LogP contribution in [0, 0.1) is 6.92 Å². The van der Waals surface area contributed by atoms with Crippen molar-refractivity contribution in [2.45, 2.75) is 18.7 Å². The molecule has 0 aliphatic heterocycles. The topological polar surface area (TPSA) is 77.5 Å². The first kappa shape index (κ1) is 15.1. The van der Waals surface area contributed by atoms with Crippen molar-refractivity contribution >= 4 is 20.0 Å². The molecular formula is C11H16O5S2. The van der Waals surface area contributed by atoms with Crippen LogP contribution < -0.4 is 0 Å². The zero-order valence-electron chi connectivity index (χ0n) is 10.3. The second-order valence-corrected chi connectivity index (χ2v) is 7.91. The Hall–Kier alpha value is -0.920. The van der Waals surface area contributed by atoms with Crippen LogP contribution in [0.5, 0.6) is 0 Å². The Balaban J connectivity index is 2.69. The Morgan fingerprint density at radius 2 is 1.61 bits per heavy atom. The highest BCUT2D eigenvalue weighted by atomic mass is 32.2. The normalized spacial score (nSPS) is 12.6. The first-order valence-electron chi connectivity index (χ1n) is 5.43. The largest absolute Gasteiger partial charge is 0.297 e. The molecule has 0 radical (unpaired) electrons. The van der Waals surface area contributed by atoms with E-state index < -0.39 is 20.0 Å². The van der Waals surface area contributed by atoms with Gasteiger partial charge in [-0.25, -0.2) is 8.42 Å². The van der Waals surface area contributed by atoms with Crippen molar-refractivity contribution in [3.63, 3.8) is 0 Å². The van der Waals surface area contributed by atoms with E-state index in [1.54, 1.807) is 12.1 Å². The summed E-state index contributed by atoms with van der Waals surface area (Å²) in [5, 5.41) is 0. The lowest BCUT2D eigenvalue weighted by atomic mass is 10.2. The van der Waals surface area contributed by atoms with Gasteiger partial charge in [-0.1, -0.05) is 24.6 Å². The lowest BCUT2D eigenvalue weighted by Gasteiger charge is -2.05. The minimum absolute atomic E-state index is 0.0268. The molecule has 0 aliphatic rings. The molecule has 0 atom stereocenters. The van der Waals surface area contributed by atoms with Crippen LogP contribution in [0.1, 0.15) is 12.5 Å². The molecule has 0 heterocycles. The number of hydrogen-bond donors (Lipinski definition) is 0. The van der Waals surface area contributed by atoms with E-state index in [0.717, 1.165) is 5.56 Å². The first-order valence-corrected chi connectivity index (χ1v) is 8.66. The average Bonchev–Trinajstić information content (AvgIpc) is 2.29. The molecule has 0 N–H and O–H groups in total. The molecule has 18 heavy (non-hydrogen) atoms. The molecule has 5 nitrogen and oxygen atoms in total. The van der Waals surface area contributed by atoms with Crippen molar-refractivity contribution in [1.82, 2.24) is 0 Å². The van der Waals surface area contributed by atoms with Crippen molar-refractivity contribution in [1.29, 1.82) is 0 Å². The highest BCUT2D eigenvalue weighted by Gasteiger charge is 2.16. The van der Waals surface area contributed by atoms with Gasteiger partial charge in [0, 0.05) is 5.75 Å². The highest BCUT2D eigenvalue weighted by molar-refractivity contribution is 7.91. The van der Waals surface area contributed by atoms with Crippen molar-refractivity contribution in [2.75, 3.05) is 18.1 Å². The van der Waals surface area contributed by atoms with Gasteiger partial charge in [0.25, 0.3) is 10.1 Å². The lowest BCUT2D eigenvalue weighted by Crippen LogP contribution is -2.17. The van der Waals surface area contributed by atoms with Gasteiger partial charge in [0.2, 0.25) is 0 Å². The molecule has 1 aromatic rings. The zero-order valence-corrected chi connectivity index (χ0v) is 11.9. The Bertz CT molecular complexity index is 585. The molecule has 0 spiro atoms. The molecule has 0 saturated carbocycles. The summed E-state index contributed by atoms with van der Waals surface area (Å²) in [6.07, 6.45) is 0. The number of rotatable bonds is 6. The van der Waals surface area contributed by atoms with Crippen LogP contribution in [0.25, 0.3) is 0 Å². The number of hydrogen-bond acceptors (Lipinski definition) is 5. The molecule has 0 fully saturated rings. The highest BCUT2D eigenvalue weighted by Crippen LogP contribution is 2.13. The Morgan fingerprint density at radius 3 is 2.11 bits per heavy atom. The van der Waals surface area contributed by atoms with E-state index in [0.29, 0.717) is 0 Å².